The Labute approximate surface area is 127 Å². The van der Waals surface area contributed by atoms with Crippen LogP contribution in [0.1, 0.15) is 30.0 Å². The summed E-state index contributed by atoms with van der Waals surface area (Å²) in [6.45, 7) is 4.34. The monoisotopic (exact) mass is 284 g/mol. The van der Waals surface area contributed by atoms with E-state index in [1.54, 1.807) is 7.11 Å². The van der Waals surface area contributed by atoms with Gasteiger partial charge >= 0.3 is 0 Å². The number of aliphatic hydroxyl groups excluding tert-OH is 1. The molecule has 0 bridgehead atoms. The van der Waals surface area contributed by atoms with E-state index >= 15 is 0 Å². The third-order valence-corrected chi connectivity index (χ3v) is 4.33. The molecule has 0 amide bonds. The summed E-state index contributed by atoms with van der Waals surface area (Å²) in [5.41, 5.74) is 3.28. The Bertz CT molecular complexity index is 571. The summed E-state index contributed by atoms with van der Waals surface area (Å²) in [5, 5.41) is 10.1. The van der Waals surface area contributed by atoms with Gasteiger partial charge in [0.05, 0.1) is 13.7 Å². The number of methoxy groups -OCH3 is 1. The van der Waals surface area contributed by atoms with E-state index in [-0.39, 0.29) is 12.0 Å². The molecule has 2 heteroatoms. The molecular weight excluding hydrogens is 260 g/mol. The molecule has 0 aromatic heterocycles. The van der Waals surface area contributed by atoms with E-state index in [0.717, 1.165) is 24.2 Å². The molecule has 0 aliphatic heterocycles. The van der Waals surface area contributed by atoms with Gasteiger partial charge in [-0.3, -0.25) is 0 Å². The van der Waals surface area contributed by atoms with E-state index in [4.69, 9.17) is 4.74 Å². The molecule has 0 radical (unpaired) electrons. The van der Waals surface area contributed by atoms with Crippen LogP contribution >= 0.6 is 0 Å². The second-order valence-electron chi connectivity index (χ2n) is 5.65. The fraction of sp³-hybridized carbons (Fsp3) is 0.368. The number of benzene rings is 2. The first-order valence-electron chi connectivity index (χ1n) is 7.45. The van der Waals surface area contributed by atoms with Crippen molar-refractivity contribution in [2.24, 2.45) is 0 Å². The van der Waals surface area contributed by atoms with Crippen LogP contribution in [0.2, 0.25) is 0 Å². The first-order chi connectivity index (χ1) is 10.1. The summed E-state index contributed by atoms with van der Waals surface area (Å²) >= 11 is 0. The van der Waals surface area contributed by atoms with Gasteiger partial charge < -0.3 is 9.84 Å². The summed E-state index contributed by atoms with van der Waals surface area (Å²) in [7, 11) is 1.70. The van der Waals surface area contributed by atoms with Gasteiger partial charge in [-0.2, -0.15) is 0 Å². The van der Waals surface area contributed by atoms with Crippen molar-refractivity contribution in [2.75, 3.05) is 13.7 Å². The van der Waals surface area contributed by atoms with Crippen molar-refractivity contribution < 1.29 is 9.84 Å². The SMILES string of the molecule is CCC(CO)(Cc1cc(C)ccc1OC)c1ccccc1. The van der Waals surface area contributed by atoms with Gasteiger partial charge in [-0.25, -0.2) is 0 Å². The van der Waals surface area contributed by atoms with E-state index in [2.05, 4.69) is 38.1 Å². The van der Waals surface area contributed by atoms with Crippen molar-refractivity contribution in [1.29, 1.82) is 0 Å². The highest BCUT2D eigenvalue weighted by molar-refractivity contribution is 5.40. The van der Waals surface area contributed by atoms with Gasteiger partial charge in [0.25, 0.3) is 0 Å². The van der Waals surface area contributed by atoms with Crippen LogP contribution in [0, 0.1) is 6.92 Å². The number of aliphatic hydroxyl groups is 1. The Morgan fingerprint density at radius 1 is 1.10 bits per heavy atom. The maximum Gasteiger partial charge on any atom is 0.122 e. The Kier molecular flexibility index (Phi) is 5.03. The lowest BCUT2D eigenvalue weighted by Gasteiger charge is -2.32. The van der Waals surface area contributed by atoms with E-state index in [1.165, 1.54) is 11.1 Å². The van der Waals surface area contributed by atoms with Crippen molar-refractivity contribution in [3.63, 3.8) is 0 Å². The average Bonchev–Trinajstić information content (AvgIpc) is 2.54. The third kappa shape index (κ3) is 3.27. The van der Waals surface area contributed by atoms with Gasteiger partial charge in [-0.05, 0) is 37.0 Å². The van der Waals surface area contributed by atoms with Crippen LogP contribution in [0.15, 0.2) is 48.5 Å². The number of ether oxygens (including phenoxy) is 1. The molecule has 1 atom stereocenters. The minimum absolute atomic E-state index is 0.130. The van der Waals surface area contributed by atoms with Crippen LogP contribution in [0.4, 0.5) is 0 Å². The Morgan fingerprint density at radius 2 is 1.81 bits per heavy atom. The summed E-state index contributed by atoms with van der Waals surface area (Å²) < 4.78 is 5.49. The maximum atomic E-state index is 10.1. The molecule has 112 valence electrons. The normalized spacial score (nSPS) is 13.7. The van der Waals surface area contributed by atoms with Crippen LogP contribution in [-0.4, -0.2) is 18.8 Å². The molecule has 0 fully saturated rings. The van der Waals surface area contributed by atoms with E-state index in [9.17, 15) is 5.11 Å². The summed E-state index contributed by atoms with van der Waals surface area (Å²) in [6.07, 6.45) is 1.65. The largest absolute Gasteiger partial charge is 0.496 e. The second-order valence-corrected chi connectivity index (χ2v) is 5.65. The number of aryl methyl sites for hydroxylation is 1. The van der Waals surface area contributed by atoms with Gasteiger partial charge in [-0.15, -0.1) is 0 Å². The van der Waals surface area contributed by atoms with Crippen molar-refractivity contribution in [3.05, 3.63) is 65.2 Å². The highest BCUT2D eigenvalue weighted by atomic mass is 16.5. The fourth-order valence-corrected chi connectivity index (χ4v) is 2.89. The van der Waals surface area contributed by atoms with Crippen LogP contribution in [0.3, 0.4) is 0 Å². The fourth-order valence-electron chi connectivity index (χ4n) is 2.89. The van der Waals surface area contributed by atoms with Crippen molar-refractivity contribution in [2.45, 2.75) is 32.1 Å². The van der Waals surface area contributed by atoms with Crippen LogP contribution in [0.25, 0.3) is 0 Å². The molecule has 0 saturated carbocycles. The molecule has 2 aromatic carbocycles. The van der Waals surface area contributed by atoms with Crippen LogP contribution in [-0.2, 0) is 11.8 Å². The lowest BCUT2D eigenvalue weighted by molar-refractivity contribution is 0.185. The zero-order chi connectivity index (χ0) is 15.3. The molecule has 21 heavy (non-hydrogen) atoms. The minimum Gasteiger partial charge on any atom is -0.496 e. The first kappa shape index (κ1) is 15.6. The highest BCUT2D eigenvalue weighted by Crippen LogP contribution is 2.34. The smallest absolute Gasteiger partial charge is 0.122 e. The van der Waals surface area contributed by atoms with Gasteiger partial charge in [0.2, 0.25) is 0 Å². The number of hydrogen-bond donors (Lipinski definition) is 1. The summed E-state index contributed by atoms with van der Waals surface area (Å²) in [4.78, 5) is 0. The third-order valence-electron chi connectivity index (χ3n) is 4.33. The lowest BCUT2D eigenvalue weighted by Crippen LogP contribution is -2.32. The lowest BCUT2D eigenvalue weighted by atomic mass is 9.74. The summed E-state index contributed by atoms with van der Waals surface area (Å²) in [5.74, 6) is 0.891. The molecule has 0 aliphatic rings. The second kappa shape index (κ2) is 6.77. The predicted molar refractivity (Wildman–Crippen MR) is 86.9 cm³/mol. The van der Waals surface area contributed by atoms with Crippen molar-refractivity contribution in [3.8, 4) is 5.75 Å². The molecule has 0 heterocycles. The zero-order valence-corrected chi connectivity index (χ0v) is 13.1. The van der Waals surface area contributed by atoms with Gasteiger partial charge in [-0.1, -0.05) is 55.0 Å². The maximum absolute atomic E-state index is 10.1. The Morgan fingerprint density at radius 3 is 2.38 bits per heavy atom. The standard InChI is InChI=1S/C19H24O2/c1-4-19(14-20,17-8-6-5-7-9-17)13-16-12-15(2)10-11-18(16)21-3/h5-12,20H,4,13-14H2,1-3H3. The first-order valence-corrected chi connectivity index (χ1v) is 7.45. The van der Waals surface area contributed by atoms with E-state index in [0.29, 0.717) is 0 Å². The molecule has 2 nitrogen and oxygen atoms in total. The Balaban J connectivity index is 2.44. The molecule has 1 unspecified atom stereocenters. The molecule has 0 aliphatic carbocycles. The minimum atomic E-state index is -0.262. The predicted octanol–water partition coefficient (Wildman–Crippen LogP) is 3.89. The number of hydrogen-bond acceptors (Lipinski definition) is 2. The highest BCUT2D eigenvalue weighted by Gasteiger charge is 2.31. The molecular formula is C19H24O2. The quantitative estimate of drug-likeness (QED) is 0.872. The number of rotatable bonds is 6. The van der Waals surface area contributed by atoms with Crippen molar-refractivity contribution >= 4 is 0 Å². The molecule has 1 N–H and O–H groups in total. The molecule has 0 saturated heterocycles. The van der Waals surface area contributed by atoms with Crippen molar-refractivity contribution in [1.82, 2.24) is 0 Å². The topological polar surface area (TPSA) is 29.5 Å². The average molecular weight is 284 g/mol. The van der Waals surface area contributed by atoms with E-state index in [1.807, 2.05) is 24.3 Å². The molecule has 0 spiro atoms. The van der Waals surface area contributed by atoms with Gasteiger partial charge in [0.15, 0.2) is 0 Å². The van der Waals surface area contributed by atoms with E-state index < -0.39 is 0 Å². The van der Waals surface area contributed by atoms with Gasteiger partial charge in [0.1, 0.15) is 5.75 Å². The van der Waals surface area contributed by atoms with Crippen LogP contribution in [0.5, 0.6) is 5.75 Å². The molecule has 2 rings (SSSR count). The van der Waals surface area contributed by atoms with Gasteiger partial charge in [0, 0.05) is 5.41 Å². The molecule has 2 aromatic rings. The Hall–Kier alpha value is -1.80. The van der Waals surface area contributed by atoms with Crippen LogP contribution < -0.4 is 4.74 Å². The zero-order valence-electron chi connectivity index (χ0n) is 13.1. The summed E-state index contributed by atoms with van der Waals surface area (Å²) in [6, 6.07) is 16.5.